The molecule has 0 fully saturated rings. The van der Waals surface area contributed by atoms with Crippen molar-refractivity contribution in [2.75, 3.05) is 5.73 Å². The minimum absolute atomic E-state index is 0.305. The van der Waals surface area contributed by atoms with Crippen LogP contribution in [0.1, 0.15) is 5.56 Å². The molecule has 0 saturated carbocycles. The first-order chi connectivity index (χ1) is 8.63. The lowest BCUT2D eigenvalue weighted by Crippen LogP contribution is -2.10. The molecule has 0 bridgehead atoms. The Morgan fingerprint density at radius 1 is 1.28 bits per heavy atom. The lowest BCUT2D eigenvalue weighted by Gasteiger charge is -1.96. The maximum atomic E-state index is 11.3. The summed E-state index contributed by atoms with van der Waals surface area (Å²) in [5.41, 5.74) is 7.57. The van der Waals surface area contributed by atoms with Crippen LogP contribution >= 0.6 is 11.3 Å². The number of anilines is 1. The van der Waals surface area contributed by atoms with E-state index in [2.05, 4.69) is 10.1 Å². The van der Waals surface area contributed by atoms with Gasteiger partial charge in [-0.15, -0.1) is 0 Å². The van der Waals surface area contributed by atoms with Gasteiger partial charge in [0.15, 0.2) is 0 Å². The zero-order valence-corrected chi connectivity index (χ0v) is 10.4. The van der Waals surface area contributed by atoms with Crippen molar-refractivity contribution in [2.24, 2.45) is 0 Å². The third-order valence-corrected chi connectivity index (χ3v) is 3.54. The predicted molar refractivity (Wildman–Crippen MR) is 71.7 cm³/mol. The maximum Gasteiger partial charge on any atom is 0.276 e. The van der Waals surface area contributed by atoms with Crippen molar-refractivity contribution in [1.82, 2.24) is 14.6 Å². The highest BCUT2D eigenvalue weighted by Crippen LogP contribution is 2.25. The fourth-order valence-corrected chi connectivity index (χ4v) is 2.57. The van der Waals surface area contributed by atoms with Crippen molar-refractivity contribution in [3.63, 3.8) is 0 Å². The maximum absolute atomic E-state index is 11.3. The van der Waals surface area contributed by atoms with Crippen LogP contribution in [0.3, 0.4) is 0 Å². The number of fused-ring (bicyclic) bond motifs is 1. The van der Waals surface area contributed by atoms with E-state index in [-0.39, 0.29) is 5.56 Å². The standard InChI is InChI=1S/C12H10N4OS/c1-7-2-4-8(5-3-7)11-15-16-9(13)6-10(17)14-12(16)18-11/h2-6H,13H2,1H3. The fraction of sp³-hybridized carbons (Fsp3) is 0.0833. The molecule has 0 unspecified atom stereocenters. The van der Waals surface area contributed by atoms with E-state index in [1.165, 1.54) is 27.5 Å². The summed E-state index contributed by atoms with van der Waals surface area (Å²) in [6.07, 6.45) is 0. The summed E-state index contributed by atoms with van der Waals surface area (Å²) in [6.45, 7) is 2.03. The third-order valence-electron chi connectivity index (χ3n) is 2.58. The Morgan fingerprint density at radius 2 is 2.00 bits per heavy atom. The van der Waals surface area contributed by atoms with E-state index in [1.807, 2.05) is 31.2 Å². The largest absolute Gasteiger partial charge is 0.383 e. The van der Waals surface area contributed by atoms with Crippen LogP contribution in [0.4, 0.5) is 5.82 Å². The SMILES string of the molecule is Cc1ccc(-c2nn3c(N)cc(=O)nc3s2)cc1. The summed E-state index contributed by atoms with van der Waals surface area (Å²) in [4.78, 5) is 15.7. The van der Waals surface area contributed by atoms with Gasteiger partial charge in [-0.05, 0) is 6.92 Å². The Labute approximate surface area is 107 Å². The molecule has 0 aliphatic heterocycles. The van der Waals surface area contributed by atoms with E-state index < -0.39 is 0 Å². The van der Waals surface area contributed by atoms with Crippen molar-refractivity contribution in [1.29, 1.82) is 0 Å². The number of aromatic nitrogens is 3. The highest BCUT2D eigenvalue weighted by Gasteiger charge is 2.09. The van der Waals surface area contributed by atoms with Crippen LogP contribution in [0.5, 0.6) is 0 Å². The number of nitrogens with zero attached hydrogens (tertiary/aromatic N) is 3. The van der Waals surface area contributed by atoms with Crippen LogP contribution in [0.15, 0.2) is 35.1 Å². The van der Waals surface area contributed by atoms with Crippen LogP contribution in [-0.2, 0) is 0 Å². The first kappa shape index (κ1) is 10.9. The molecule has 0 spiro atoms. The first-order valence-electron chi connectivity index (χ1n) is 5.37. The molecule has 18 heavy (non-hydrogen) atoms. The molecule has 0 amide bonds. The van der Waals surface area contributed by atoms with Gasteiger partial charge in [-0.1, -0.05) is 41.2 Å². The van der Waals surface area contributed by atoms with E-state index in [1.54, 1.807) is 0 Å². The molecule has 90 valence electrons. The second kappa shape index (κ2) is 3.92. The highest BCUT2D eigenvalue weighted by atomic mass is 32.1. The fourth-order valence-electron chi connectivity index (χ4n) is 1.65. The molecule has 2 N–H and O–H groups in total. The minimum Gasteiger partial charge on any atom is -0.383 e. The number of benzene rings is 1. The zero-order valence-electron chi connectivity index (χ0n) is 9.62. The van der Waals surface area contributed by atoms with Gasteiger partial charge in [0.1, 0.15) is 10.8 Å². The number of hydrogen-bond acceptors (Lipinski definition) is 5. The van der Waals surface area contributed by atoms with E-state index in [0.717, 1.165) is 10.6 Å². The number of aryl methyl sites for hydroxylation is 1. The molecule has 3 aromatic rings. The van der Waals surface area contributed by atoms with Crippen LogP contribution in [0.25, 0.3) is 15.5 Å². The second-order valence-electron chi connectivity index (χ2n) is 3.99. The molecule has 0 atom stereocenters. The van der Waals surface area contributed by atoms with Crippen LogP contribution in [0, 0.1) is 6.92 Å². The van der Waals surface area contributed by atoms with E-state index in [4.69, 9.17) is 5.73 Å². The van der Waals surface area contributed by atoms with Gasteiger partial charge in [0.25, 0.3) is 5.56 Å². The van der Waals surface area contributed by atoms with Crippen LogP contribution in [0.2, 0.25) is 0 Å². The lowest BCUT2D eigenvalue weighted by molar-refractivity contribution is 0.948. The van der Waals surface area contributed by atoms with Gasteiger partial charge >= 0.3 is 0 Å². The predicted octanol–water partition coefficient (Wildman–Crippen LogP) is 1.71. The summed E-state index contributed by atoms with van der Waals surface area (Å²) in [5.74, 6) is 0.305. The molecular formula is C12H10N4OS. The molecule has 0 radical (unpaired) electrons. The summed E-state index contributed by atoms with van der Waals surface area (Å²) in [6, 6.07) is 9.28. The topological polar surface area (TPSA) is 73.3 Å². The zero-order chi connectivity index (χ0) is 12.7. The molecular weight excluding hydrogens is 248 g/mol. The summed E-state index contributed by atoms with van der Waals surface area (Å²) in [5, 5.41) is 5.15. The Morgan fingerprint density at radius 3 is 2.72 bits per heavy atom. The molecule has 5 nitrogen and oxygen atoms in total. The van der Waals surface area contributed by atoms with Crippen molar-refractivity contribution in [3.8, 4) is 10.6 Å². The van der Waals surface area contributed by atoms with E-state index in [0.29, 0.717) is 10.8 Å². The van der Waals surface area contributed by atoms with Crippen LogP contribution < -0.4 is 11.3 Å². The number of rotatable bonds is 1. The molecule has 2 aromatic heterocycles. The summed E-state index contributed by atoms with van der Waals surface area (Å²) < 4.78 is 1.49. The second-order valence-corrected chi connectivity index (χ2v) is 4.94. The molecule has 0 saturated heterocycles. The van der Waals surface area contributed by atoms with Crippen molar-refractivity contribution >= 4 is 22.1 Å². The summed E-state index contributed by atoms with van der Waals surface area (Å²) >= 11 is 1.35. The van der Waals surface area contributed by atoms with Gasteiger partial charge < -0.3 is 5.73 Å². The van der Waals surface area contributed by atoms with Gasteiger partial charge in [-0.2, -0.15) is 14.6 Å². The highest BCUT2D eigenvalue weighted by molar-refractivity contribution is 7.19. The molecule has 3 rings (SSSR count). The Bertz CT molecular complexity index is 773. The van der Waals surface area contributed by atoms with Crippen LogP contribution in [-0.4, -0.2) is 14.6 Å². The third kappa shape index (κ3) is 1.76. The Kier molecular flexibility index (Phi) is 2.38. The van der Waals surface area contributed by atoms with E-state index >= 15 is 0 Å². The summed E-state index contributed by atoms with van der Waals surface area (Å²) in [7, 11) is 0. The van der Waals surface area contributed by atoms with Gasteiger partial charge in [0.05, 0.1) is 0 Å². The Balaban J connectivity index is 2.22. The lowest BCUT2D eigenvalue weighted by atomic mass is 10.2. The van der Waals surface area contributed by atoms with Crippen molar-refractivity contribution in [3.05, 3.63) is 46.2 Å². The van der Waals surface area contributed by atoms with E-state index in [9.17, 15) is 4.79 Å². The number of nitrogens with two attached hydrogens (primary N) is 1. The normalized spacial score (nSPS) is 10.9. The quantitative estimate of drug-likeness (QED) is 0.721. The number of nitrogen functional groups attached to an aromatic ring is 1. The van der Waals surface area contributed by atoms with Gasteiger partial charge in [0.2, 0.25) is 4.96 Å². The average molecular weight is 258 g/mol. The van der Waals surface area contributed by atoms with Gasteiger partial charge in [0, 0.05) is 11.6 Å². The average Bonchev–Trinajstić information content (AvgIpc) is 2.74. The molecule has 6 heteroatoms. The monoisotopic (exact) mass is 258 g/mol. The number of hydrogen-bond donors (Lipinski definition) is 1. The van der Waals surface area contributed by atoms with Crippen molar-refractivity contribution in [2.45, 2.75) is 6.92 Å². The molecule has 2 heterocycles. The minimum atomic E-state index is -0.341. The Hall–Kier alpha value is -2.21. The van der Waals surface area contributed by atoms with Crippen molar-refractivity contribution < 1.29 is 0 Å². The molecule has 0 aliphatic rings. The van der Waals surface area contributed by atoms with Gasteiger partial charge in [-0.3, -0.25) is 4.79 Å². The molecule has 1 aromatic carbocycles. The van der Waals surface area contributed by atoms with Gasteiger partial charge in [-0.25, -0.2) is 0 Å². The molecule has 0 aliphatic carbocycles. The first-order valence-corrected chi connectivity index (χ1v) is 6.18. The smallest absolute Gasteiger partial charge is 0.276 e.